The van der Waals surface area contributed by atoms with Crippen LogP contribution in [0.4, 0.5) is 20.2 Å². The van der Waals surface area contributed by atoms with Gasteiger partial charge in [-0.3, -0.25) is 0 Å². The van der Waals surface area contributed by atoms with E-state index in [1.165, 1.54) is 0 Å². The number of nitriles is 1. The molecule has 0 bridgehead atoms. The molecule has 2 N–H and O–H groups in total. The average Bonchev–Trinajstić information content (AvgIpc) is 3.10. The number of halogens is 2. The van der Waals surface area contributed by atoms with Gasteiger partial charge in [0.1, 0.15) is 0 Å². The van der Waals surface area contributed by atoms with E-state index in [-0.39, 0.29) is 18.9 Å². The molecule has 0 spiro atoms. The molecule has 27 heavy (non-hydrogen) atoms. The van der Waals surface area contributed by atoms with E-state index in [2.05, 4.69) is 24.8 Å². The maximum atomic E-state index is 13.6. The van der Waals surface area contributed by atoms with Crippen molar-refractivity contribution in [1.82, 2.24) is 0 Å². The minimum Gasteiger partial charge on any atom is -0.397 e. The second-order valence-electron chi connectivity index (χ2n) is 8.81. The number of benzene rings is 1. The van der Waals surface area contributed by atoms with Crippen molar-refractivity contribution in [2.24, 2.45) is 5.92 Å². The van der Waals surface area contributed by atoms with E-state index in [0.717, 1.165) is 43.5 Å². The van der Waals surface area contributed by atoms with Crippen molar-refractivity contribution in [3.63, 3.8) is 0 Å². The molecular formula is C22H31F2N3. The normalized spacial score (nSPS) is 21.9. The number of nitrogens with zero attached hydrogens (tertiary/aromatic N) is 2. The molecule has 1 aromatic carbocycles. The number of hydrogen-bond acceptors (Lipinski definition) is 3. The van der Waals surface area contributed by atoms with Gasteiger partial charge in [0.15, 0.2) is 0 Å². The Morgan fingerprint density at radius 3 is 2.33 bits per heavy atom. The predicted octanol–water partition coefficient (Wildman–Crippen LogP) is 5.64. The van der Waals surface area contributed by atoms with Gasteiger partial charge in [0.25, 0.3) is 0 Å². The third kappa shape index (κ3) is 4.20. The number of anilines is 2. The number of alkyl halides is 2. The number of hydrogen-bond donors (Lipinski definition) is 1. The van der Waals surface area contributed by atoms with Gasteiger partial charge in [0, 0.05) is 25.4 Å². The van der Waals surface area contributed by atoms with Crippen LogP contribution in [0.3, 0.4) is 0 Å². The van der Waals surface area contributed by atoms with Gasteiger partial charge < -0.3 is 10.6 Å². The third-order valence-corrected chi connectivity index (χ3v) is 6.25. The van der Waals surface area contributed by atoms with Gasteiger partial charge in [0.05, 0.1) is 22.9 Å². The van der Waals surface area contributed by atoms with Gasteiger partial charge in [0.2, 0.25) is 5.92 Å². The molecule has 3 nitrogen and oxygen atoms in total. The Bertz CT molecular complexity index is 692. The molecule has 5 heteroatoms. The molecule has 0 radical (unpaired) electrons. The second kappa shape index (κ2) is 7.66. The SMILES string of the molecule is CC(C)CN(c1ccc(C2(C#N)CCCC2)cc1N)C1CCC(F)(F)CC1. The fourth-order valence-corrected chi connectivity index (χ4v) is 4.73. The highest BCUT2D eigenvalue weighted by atomic mass is 19.3. The van der Waals surface area contributed by atoms with Crippen LogP contribution in [-0.4, -0.2) is 18.5 Å². The molecule has 0 aliphatic heterocycles. The predicted molar refractivity (Wildman–Crippen MR) is 106 cm³/mol. The lowest BCUT2D eigenvalue weighted by Gasteiger charge is -2.40. The van der Waals surface area contributed by atoms with Gasteiger partial charge in [-0.05, 0) is 49.3 Å². The van der Waals surface area contributed by atoms with Gasteiger partial charge in [-0.15, -0.1) is 0 Å². The Morgan fingerprint density at radius 1 is 1.19 bits per heavy atom. The highest BCUT2D eigenvalue weighted by molar-refractivity contribution is 5.70. The van der Waals surface area contributed by atoms with E-state index >= 15 is 0 Å². The molecule has 0 heterocycles. The lowest BCUT2D eigenvalue weighted by molar-refractivity contribution is -0.0382. The van der Waals surface area contributed by atoms with Crippen LogP contribution in [0.15, 0.2) is 18.2 Å². The summed E-state index contributed by atoms with van der Waals surface area (Å²) in [6.07, 6.45) is 4.79. The molecule has 2 saturated carbocycles. The molecule has 0 amide bonds. The molecule has 0 saturated heterocycles. The maximum Gasteiger partial charge on any atom is 0.248 e. The van der Waals surface area contributed by atoms with Crippen molar-refractivity contribution >= 4 is 11.4 Å². The molecular weight excluding hydrogens is 344 g/mol. The molecule has 0 aromatic heterocycles. The zero-order chi connectivity index (χ0) is 19.7. The van der Waals surface area contributed by atoms with Crippen molar-refractivity contribution in [3.8, 4) is 6.07 Å². The van der Waals surface area contributed by atoms with Crippen LogP contribution < -0.4 is 10.6 Å². The summed E-state index contributed by atoms with van der Waals surface area (Å²) in [5.41, 5.74) is 8.61. The molecule has 2 aliphatic carbocycles. The first-order valence-electron chi connectivity index (χ1n) is 10.2. The van der Waals surface area contributed by atoms with Crippen LogP contribution in [0.25, 0.3) is 0 Å². The molecule has 1 aromatic rings. The van der Waals surface area contributed by atoms with Crippen molar-refractivity contribution in [2.45, 2.75) is 82.6 Å². The lowest BCUT2D eigenvalue weighted by atomic mass is 9.80. The summed E-state index contributed by atoms with van der Waals surface area (Å²) >= 11 is 0. The minimum atomic E-state index is -2.53. The van der Waals surface area contributed by atoms with Crippen molar-refractivity contribution < 1.29 is 8.78 Å². The first-order valence-corrected chi connectivity index (χ1v) is 10.2. The summed E-state index contributed by atoms with van der Waals surface area (Å²) in [4.78, 5) is 2.23. The van der Waals surface area contributed by atoms with Gasteiger partial charge >= 0.3 is 0 Å². The lowest BCUT2D eigenvalue weighted by Crippen LogP contribution is -2.43. The maximum absolute atomic E-state index is 13.6. The highest BCUT2D eigenvalue weighted by Gasteiger charge is 2.38. The zero-order valence-corrected chi connectivity index (χ0v) is 16.5. The summed E-state index contributed by atoms with van der Waals surface area (Å²) in [6.45, 7) is 5.07. The highest BCUT2D eigenvalue weighted by Crippen LogP contribution is 2.43. The van der Waals surface area contributed by atoms with Crippen LogP contribution in [0.1, 0.15) is 70.8 Å². The smallest absolute Gasteiger partial charge is 0.248 e. The van der Waals surface area contributed by atoms with E-state index in [1.807, 2.05) is 18.2 Å². The molecule has 0 atom stereocenters. The van der Waals surface area contributed by atoms with Gasteiger partial charge in [-0.1, -0.05) is 32.8 Å². The Kier molecular flexibility index (Phi) is 5.65. The summed E-state index contributed by atoms with van der Waals surface area (Å²) in [7, 11) is 0. The Morgan fingerprint density at radius 2 is 1.81 bits per heavy atom. The number of nitrogens with two attached hydrogens (primary N) is 1. The number of rotatable bonds is 5. The first kappa shape index (κ1) is 19.9. The fraction of sp³-hybridized carbons (Fsp3) is 0.682. The summed E-state index contributed by atoms with van der Waals surface area (Å²) in [5, 5.41) is 9.74. The Balaban J connectivity index is 1.88. The van der Waals surface area contributed by atoms with Gasteiger partial charge in [-0.25, -0.2) is 8.78 Å². The van der Waals surface area contributed by atoms with Crippen LogP contribution in [0.5, 0.6) is 0 Å². The zero-order valence-electron chi connectivity index (χ0n) is 16.5. The van der Waals surface area contributed by atoms with Gasteiger partial charge in [-0.2, -0.15) is 5.26 Å². The number of nitrogen functional groups attached to an aromatic ring is 1. The fourth-order valence-electron chi connectivity index (χ4n) is 4.73. The molecule has 3 rings (SSSR count). The summed E-state index contributed by atoms with van der Waals surface area (Å²) in [5.74, 6) is -2.12. The second-order valence-corrected chi connectivity index (χ2v) is 8.81. The molecule has 2 fully saturated rings. The summed E-state index contributed by atoms with van der Waals surface area (Å²) in [6, 6.07) is 8.61. The molecule has 0 unspecified atom stereocenters. The van der Waals surface area contributed by atoms with Crippen LogP contribution in [0.2, 0.25) is 0 Å². The van der Waals surface area contributed by atoms with Crippen molar-refractivity contribution in [2.75, 3.05) is 17.2 Å². The van der Waals surface area contributed by atoms with Crippen LogP contribution >= 0.6 is 0 Å². The third-order valence-electron chi connectivity index (χ3n) is 6.25. The molecule has 2 aliphatic rings. The van der Waals surface area contributed by atoms with E-state index in [0.29, 0.717) is 24.4 Å². The van der Waals surface area contributed by atoms with E-state index in [4.69, 9.17) is 5.73 Å². The Labute approximate surface area is 161 Å². The largest absolute Gasteiger partial charge is 0.397 e. The van der Waals surface area contributed by atoms with Crippen molar-refractivity contribution in [3.05, 3.63) is 23.8 Å². The topological polar surface area (TPSA) is 53.0 Å². The van der Waals surface area contributed by atoms with Crippen LogP contribution in [-0.2, 0) is 5.41 Å². The van der Waals surface area contributed by atoms with E-state index in [9.17, 15) is 14.0 Å². The van der Waals surface area contributed by atoms with Crippen molar-refractivity contribution in [1.29, 1.82) is 5.26 Å². The van der Waals surface area contributed by atoms with E-state index < -0.39 is 11.3 Å². The van der Waals surface area contributed by atoms with Crippen LogP contribution in [0, 0.1) is 17.2 Å². The Hall–Kier alpha value is -1.83. The molecule has 148 valence electrons. The van der Waals surface area contributed by atoms with E-state index in [1.54, 1.807) is 0 Å². The monoisotopic (exact) mass is 375 g/mol. The minimum absolute atomic E-state index is 0.0538. The standard InChI is InChI=1S/C22H31F2N3/c1-16(2)14-27(18-7-11-22(23,24)12-8-18)20-6-5-17(13-19(20)26)21(15-25)9-3-4-10-21/h5-6,13,16,18H,3-4,7-12,14,26H2,1-2H3. The first-order chi connectivity index (χ1) is 12.8. The average molecular weight is 376 g/mol. The summed E-state index contributed by atoms with van der Waals surface area (Å²) < 4.78 is 27.2. The quantitative estimate of drug-likeness (QED) is 0.677.